The van der Waals surface area contributed by atoms with E-state index < -0.39 is 0 Å². The molecule has 1 aliphatic rings. The number of ether oxygens (including phenoxy) is 2. The minimum Gasteiger partial charge on any atom is -0.486 e. The molecule has 8 heteroatoms. The zero-order chi connectivity index (χ0) is 22.1. The number of aryl methyl sites for hydroxylation is 2. The van der Waals surface area contributed by atoms with Crippen LogP contribution in [0.5, 0.6) is 11.5 Å². The molecule has 0 unspecified atom stereocenters. The molecular formula is C23H24ClN3O3S. The number of hydrogen-bond acceptors (Lipinski definition) is 5. The molecule has 0 radical (unpaired) electrons. The predicted octanol–water partition coefficient (Wildman–Crippen LogP) is 5.13. The zero-order valence-corrected chi connectivity index (χ0v) is 19.5. The number of hydrogen-bond donors (Lipinski definition) is 1. The number of thioether (sulfide) groups is 1. The van der Waals surface area contributed by atoms with E-state index in [0.29, 0.717) is 29.7 Å². The Morgan fingerprint density at radius 1 is 1.16 bits per heavy atom. The summed E-state index contributed by atoms with van der Waals surface area (Å²) in [4.78, 5) is 13.8. The SMILES string of the molecule is CSc1cc2c(cc1NC(=O)Cc1c(C)nn(-c3ccc(C)c(Cl)c3)c1C)OCCO2. The van der Waals surface area contributed by atoms with Gasteiger partial charge < -0.3 is 14.8 Å². The molecule has 1 aliphatic heterocycles. The van der Waals surface area contributed by atoms with Gasteiger partial charge in [-0.1, -0.05) is 17.7 Å². The van der Waals surface area contributed by atoms with Crippen LogP contribution in [0.3, 0.4) is 0 Å². The number of fused-ring (bicyclic) bond motifs is 1. The van der Waals surface area contributed by atoms with E-state index in [2.05, 4.69) is 10.4 Å². The summed E-state index contributed by atoms with van der Waals surface area (Å²) in [6.45, 7) is 6.87. The van der Waals surface area contributed by atoms with Crippen LogP contribution in [0, 0.1) is 20.8 Å². The zero-order valence-electron chi connectivity index (χ0n) is 17.9. The van der Waals surface area contributed by atoms with Crippen LogP contribution in [-0.2, 0) is 11.2 Å². The molecule has 0 saturated carbocycles. The number of carbonyl (C=O) groups excluding carboxylic acids is 1. The van der Waals surface area contributed by atoms with Crippen LogP contribution in [0.15, 0.2) is 35.2 Å². The molecule has 6 nitrogen and oxygen atoms in total. The van der Waals surface area contributed by atoms with E-state index in [1.807, 2.05) is 62.0 Å². The molecule has 0 bridgehead atoms. The third-order valence-electron chi connectivity index (χ3n) is 5.32. The number of benzene rings is 2. The van der Waals surface area contributed by atoms with Gasteiger partial charge in [-0.2, -0.15) is 5.10 Å². The maximum absolute atomic E-state index is 12.9. The van der Waals surface area contributed by atoms with Crippen molar-refractivity contribution in [3.8, 4) is 17.2 Å². The Labute approximate surface area is 190 Å². The first-order valence-corrected chi connectivity index (χ1v) is 11.6. The molecule has 3 aromatic rings. The van der Waals surface area contributed by atoms with Crippen molar-refractivity contribution in [2.45, 2.75) is 32.1 Å². The van der Waals surface area contributed by atoms with Crippen molar-refractivity contribution in [2.75, 3.05) is 24.8 Å². The molecule has 1 N–H and O–H groups in total. The fourth-order valence-electron chi connectivity index (χ4n) is 3.59. The normalized spacial score (nSPS) is 12.7. The molecule has 2 aromatic carbocycles. The van der Waals surface area contributed by atoms with Crippen LogP contribution in [0.2, 0.25) is 5.02 Å². The molecule has 0 spiro atoms. The van der Waals surface area contributed by atoms with Crippen molar-refractivity contribution < 1.29 is 14.3 Å². The average molecular weight is 458 g/mol. The summed E-state index contributed by atoms with van der Waals surface area (Å²) in [5.74, 6) is 1.24. The van der Waals surface area contributed by atoms with Crippen molar-refractivity contribution in [3.63, 3.8) is 0 Å². The first-order valence-electron chi connectivity index (χ1n) is 9.96. The molecular weight excluding hydrogens is 434 g/mol. The Morgan fingerprint density at radius 3 is 2.55 bits per heavy atom. The van der Waals surface area contributed by atoms with E-state index in [1.54, 1.807) is 11.8 Å². The number of aromatic nitrogens is 2. The van der Waals surface area contributed by atoms with Gasteiger partial charge in [0.1, 0.15) is 13.2 Å². The summed E-state index contributed by atoms with van der Waals surface area (Å²) in [5, 5.41) is 8.35. The molecule has 0 saturated heterocycles. The van der Waals surface area contributed by atoms with Gasteiger partial charge in [0, 0.05) is 27.2 Å². The van der Waals surface area contributed by atoms with E-state index >= 15 is 0 Å². The summed E-state index contributed by atoms with van der Waals surface area (Å²) < 4.78 is 13.1. The Hall–Kier alpha value is -2.64. The van der Waals surface area contributed by atoms with Crippen LogP contribution < -0.4 is 14.8 Å². The first-order chi connectivity index (χ1) is 14.9. The number of amides is 1. The molecule has 0 fully saturated rings. The second-order valence-electron chi connectivity index (χ2n) is 7.42. The Kier molecular flexibility index (Phi) is 6.16. The van der Waals surface area contributed by atoms with Crippen molar-refractivity contribution >= 4 is 35.0 Å². The lowest BCUT2D eigenvalue weighted by atomic mass is 10.1. The molecule has 0 aliphatic carbocycles. The van der Waals surface area contributed by atoms with Crippen LogP contribution in [0.4, 0.5) is 5.69 Å². The van der Waals surface area contributed by atoms with Gasteiger partial charge in [0.15, 0.2) is 11.5 Å². The highest BCUT2D eigenvalue weighted by Crippen LogP contribution is 2.39. The van der Waals surface area contributed by atoms with Gasteiger partial charge in [0.2, 0.25) is 5.91 Å². The molecule has 1 amide bonds. The Morgan fingerprint density at radius 2 is 1.87 bits per heavy atom. The smallest absolute Gasteiger partial charge is 0.228 e. The predicted molar refractivity (Wildman–Crippen MR) is 124 cm³/mol. The number of anilines is 1. The Bertz CT molecular complexity index is 1160. The third kappa shape index (κ3) is 4.38. The van der Waals surface area contributed by atoms with Crippen molar-refractivity contribution in [2.24, 2.45) is 0 Å². The summed E-state index contributed by atoms with van der Waals surface area (Å²) in [7, 11) is 0. The van der Waals surface area contributed by atoms with Crippen molar-refractivity contribution in [1.82, 2.24) is 9.78 Å². The molecule has 162 valence electrons. The highest BCUT2D eigenvalue weighted by Gasteiger charge is 2.20. The molecule has 0 atom stereocenters. The maximum atomic E-state index is 12.9. The van der Waals surface area contributed by atoms with Crippen LogP contribution in [0.1, 0.15) is 22.5 Å². The number of halogens is 1. The first kappa shape index (κ1) is 21.6. The van der Waals surface area contributed by atoms with Crippen LogP contribution in [0.25, 0.3) is 5.69 Å². The lowest BCUT2D eigenvalue weighted by Gasteiger charge is -2.21. The van der Waals surface area contributed by atoms with E-state index in [9.17, 15) is 4.79 Å². The molecule has 4 rings (SSSR count). The molecule has 1 aromatic heterocycles. The topological polar surface area (TPSA) is 65.4 Å². The number of carbonyl (C=O) groups is 1. The quantitative estimate of drug-likeness (QED) is 0.538. The monoisotopic (exact) mass is 457 g/mol. The fourth-order valence-corrected chi connectivity index (χ4v) is 4.32. The van der Waals surface area contributed by atoms with Crippen LogP contribution in [-0.4, -0.2) is 35.2 Å². The minimum atomic E-state index is -0.111. The van der Waals surface area contributed by atoms with Crippen LogP contribution >= 0.6 is 23.4 Å². The van der Waals surface area contributed by atoms with Crippen molar-refractivity contribution in [1.29, 1.82) is 0 Å². The lowest BCUT2D eigenvalue weighted by molar-refractivity contribution is -0.115. The molecule has 2 heterocycles. The standard InChI is InChI=1S/C23H24ClN3O3S/c1-13-5-6-16(9-18(13)24)27-15(3)17(14(2)26-27)10-23(28)25-19-11-20-21(12-22(19)31-4)30-8-7-29-20/h5-6,9,11-12H,7-8,10H2,1-4H3,(H,25,28). The van der Waals surface area contributed by atoms with E-state index in [1.165, 1.54) is 0 Å². The summed E-state index contributed by atoms with van der Waals surface area (Å²) >= 11 is 7.84. The van der Waals surface area contributed by atoms with Gasteiger partial charge in [0.05, 0.1) is 23.5 Å². The summed E-state index contributed by atoms with van der Waals surface area (Å²) in [6.07, 6.45) is 2.19. The second-order valence-corrected chi connectivity index (χ2v) is 8.67. The van der Waals surface area contributed by atoms with Crippen molar-refractivity contribution in [3.05, 3.63) is 57.9 Å². The number of rotatable bonds is 5. The second kappa shape index (κ2) is 8.85. The van der Waals surface area contributed by atoms with Gasteiger partial charge in [-0.3, -0.25) is 4.79 Å². The third-order valence-corrected chi connectivity index (χ3v) is 6.50. The number of nitrogens with zero attached hydrogens (tertiary/aromatic N) is 2. The van der Waals surface area contributed by atoms with Gasteiger partial charge in [-0.25, -0.2) is 4.68 Å². The lowest BCUT2D eigenvalue weighted by Crippen LogP contribution is -2.18. The molecule has 31 heavy (non-hydrogen) atoms. The van der Waals surface area contributed by atoms with E-state index in [0.717, 1.165) is 38.8 Å². The van der Waals surface area contributed by atoms with Gasteiger partial charge in [-0.05, 0) is 50.8 Å². The summed E-state index contributed by atoms with van der Waals surface area (Å²) in [6, 6.07) is 9.57. The average Bonchev–Trinajstić information content (AvgIpc) is 3.03. The Balaban J connectivity index is 1.57. The van der Waals surface area contributed by atoms with Gasteiger partial charge in [0.25, 0.3) is 0 Å². The minimum absolute atomic E-state index is 0.111. The fraction of sp³-hybridized carbons (Fsp3) is 0.304. The summed E-state index contributed by atoms with van der Waals surface area (Å²) in [5.41, 5.74) is 5.23. The number of nitrogens with one attached hydrogen (secondary N) is 1. The van der Waals surface area contributed by atoms with Gasteiger partial charge in [-0.15, -0.1) is 11.8 Å². The maximum Gasteiger partial charge on any atom is 0.228 e. The van der Waals surface area contributed by atoms with E-state index in [4.69, 9.17) is 21.1 Å². The highest BCUT2D eigenvalue weighted by molar-refractivity contribution is 7.98. The highest BCUT2D eigenvalue weighted by atomic mass is 35.5. The van der Waals surface area contributed by atoms with E-state index in [-0.39, 0.29) is 12.3 Å². The van der Waals surface area contributed by atoms with Gasteiger partial charge >= 0.3 is 0 Å². The largest absolute Gasteiger partial charge is 0.486 e.